The van der Waals surface area contributed by atoms with E-state index in [2.05, 4.69) is 9.47 Å². The molecular formula is C9H7F4NO3. The highest BCUT2D eigenvalue weighted by Gasteiger charge is 2.13. The quantitative estimate of drug-likeness (QED) is 0.816. The standard InChI is InChI=1S/C9H7F4NO3/c10-8(11)16-5-1-4(7(14)15)2-6(3-5)17-9(12)13/h1-3,8-9H,(H2,14,15). The lowest BCUT2D eigenvalue weighted by Gasteiger charge is -2.09. The highest BCUT2D eigenvalue weighted by atomic mass is 19.3. The fourth-order valence-corrected chi connectivity index (χ4v) is 1.06. The predicted molar refractivity (Wildman–Crippen MR) is 48.2 cm³/mol. The van der Waals surface area contributed by atoms with Gasteiger partial charge in [0.05, 0.1) is 0 Å². The molecular weight excluding hydrogens is 246 g/mol. The van der Waals surface area contributed by atoms with Crippen molar-refractivity contribution in [1.82, 2.24) is 0 Å². The molecule has 0 radical (unpaired) electrons. The molecule has 0 bridgehead atoms. The number of hydrogen-bond donors (Lipinski definition) is 1. The number of rotatable bonds is 5. The SMILES string of the molecule is NC(=O)c1cc(OC(F)F)cc(OC(F)F)c1. The Labute approximate surface area is 92.9 Å². The number of hydrogen-bond acceptors (Lipinski definition) is 3. The summed E-state index contributed by atoms with van der Waals surface area (Å²) in [6, 6.07) is 2.59. The Bertz CT molecular complexity index is 383. The lowest BCUT2D eigenvalue weighted by Crippen LogP contribution is -2.13. The molecule has 1 aromatic carbocycles. The highest BCUT2D eigenvalue weighted by Crippen LogP contribution is 2.25. The molecule has 1 aromatic rings. The molecule has 17 heavy (non-hydrogen) atoms. The summed E-state index contributed by atoms with van der Waals surface area (Å²) in [5, 5.41) is 0. The van der Waals surface area contributed by atoms with E-state index in [0.717, 1.165) is 18.2 Å². The Hall–Kier alpha value is -1.99. The molecule has 0 aliphatic rings. The molecule has 4 nitrogen and oxygen atoms in total. The molecule has 8 heteroatoms. The van der Waals surface area contributed by atoms with Crippen LogP contribution in [0, 0.1) is 0 Å². The number of halogens is 4. The van der Waals surface area contributed by atoms with E-state index in [4.69, 9.17) is 5.73 Å². The first-order valence-electron chi connectivity index (χ1n) is 4.23. The van der Waals surface area contributed by atoms with Crippen LogP contribution in [-0.4, -0.2) is 19.1 Å². The van der Waals surface area contributed by atoms with Gasteiger partial charge in [-0.05, 0) is 12.1 Å². The van der Waals surface area contributed by atoms with E-state index >= 15 is 0 Å². The van der Waals surface area contributed by atoms with Crippen LogP contribution in [0.5, 0.6) is 11.5 Å². The van der Waals surface area contributed by atoms with Crippen LogP contribution in [0.25, 0.3) is 0 Å². The van der Waals surface area contributed by atoms with Gasteiger partial charge in [-0.2, -0.15) is 17.6 Å². The van der Waals surface area contributed by atoms with Crippen LogP contribution >= 0.6 is 0 Å². The van der Waals surface area contributed by atoms with Gasteiger partial charge in [0, 0.05) is 11.6 Å². The topological polar surface area (TPSA) is 61.6 Å². The molecule has 0 aliphatic heterocycles. The maximum atomic E-state index is 11.9. The average molecular weight is 253 g/mol. The monoisotopic (exact) mass is 253 g/mol. The number of carbonyl (C=O) groups excluding carboxylic acids is 1. The van der Waals surface area contributed by atoms with E-state index in [1.165, 1.54) is 0 Å². The third kappa shape index (κ3) is 4.17. The summed E-state index contributed by atoms with van der Waals surface area (Å²) in [5.41, 5.74) is 4.61. The van der Waals surface area contributed by atoms with Gasteiger partial charge >= 0.3 is 13.2 Å². The molecule has 0 unspecified atom stereocenters. The predicted octanol–water partition coefficient (Wildman–Crippen LogP) is 1.99. The molecule has 0 spiro atoms. The van der Waals surface area contributed by atoms with Crippen LogP contribution in [0.2, 0.25) is 0 Å². The van der Waals surface area contributed by atoms with Crippen molar-refractivity contribution in [2.24, 2.45) is 5.73 Å². The number of ether oxygens (including phenoxy) is 2. The van der Waals surface area contributed by atoms with E-state index in [1.54, 1.807) is 0 Å². The Balaban J connectivity index is 3.04. The third-order valence-electron chi connectivity index (χ3n) is 1.61. The van der Waals surface area contributed by atoms with Gasteiger partial charge in [0.15, 0.2) is 0 Å². The molecule has 0 fully saturated rings. The summed E-state index contributed by atoms with van der Waals surface area (Å²) in [6.07, 6.45) is 0. The fraction of sp³-hybridized carbons (Fsp3) is 0.222. The zero-order chi connectivity index (χ0) is 13.0. The molecule has 0 atom stereocenters. The van der Waals surface area contributed by atoms with Gasteiger partial charge in [0.25, 0.3) is 0 Å². The van der Waals surface area contributed by atoms with Gasteiger partial charge in [0.2, 0.25) is 5.91 Å². The maximum absolute atomic E-state index is 11.9. The van der Waals surface area contributed by atoms with Gasteiger partial charge in [-0.3, -0.25) is 4.79 Å². The Morgan fingerprint density at radius 1 is 1.00 bits per heavy atom. The summed E-state index contributed by atoms with van der Waals surface area (Å²) in [6.45, 7) is -6.31. The molecule has 0 saturated carbocycles. The van der Waals surface area contributed by atoms with E-state index in [9.17, 15) is 22.4 Å². The second-order valence-corrected chi connectivity index (χ2v) is 2.81. The molecule has 0 saturated heterocycles. The van der Waals surface area contributed by atoms with Gasteiger partial charge in [0.1, 0.15) is 11.5 Å². The minimum absolute atomic E-state index is 0.279. The molecule has 0 aromatic heterocycles. The first-order valence-corrected chi connectivity index (χ1v) is 4.23. The molecule has 0 heterocycles. The maximum Gasteiger partial charge on any atom is 0.387 e. The van der Waals surface area contributed by atoms with Crippen LogP contribution < -0.4 is 15.2 Å². The summed E-state index contributed by atoms with van der Waals surface area (Å²) < 4.78 is 55.6. The van der Waals surface area contributed by atoms with Gasteiger partial charge < -0.3 is 15.2 Å². The van der Waals surface area contributed by atoms with Crippen molar-refractivity contribution in [3.8, 4) is 11.5 Å². The van der Waals surface area contributed by atoms with Crippen LogP contribution in [0.15, 0.2) is 18.2 Å². The Morgan fingerprint density at radius 3 is 1.71 bits per heavy atom. The first kappa shape index (κ1) is 13.1. The van der Waals surface area contributed by atoms with Crippen LogP contribution in [0.3, 0.4) is 0 Å². The lowest BCUT2D eigenvalue weighted by molar-refractivity contribution is -0.0543. The molecule has 2 N–H and O–H groups in total. The zero-order valence-electron chi connectivity index (χ0n) is 8.20. The van der Waals surface area contributed by atoms with Crippen molar-refractivity contribution < 1.29 is 31.8 Å². The van der Waals surface area contributed by atoms with Gasteiger partial charge in [-0.15, -0.1) is 0 Å². The minimum atomic E-state index is -3.16. The van der Waals surface area contributed by atoms with Crippen LogP contribution in [0.4, 0.5) is 17.6 Å². The van der Waals surface area contributed by atoms with E-state index in [0.29, 0.717) is 0 Å². The first-order chi connectivity index (χ1) is 7.88. The van der Waals surface area contributed by atoms with E-state index < -0.39 is 30.6 Å². The van der Waals surface area contributed by atoms with E-state index in [-0.39, 0.29) is 5.56 Å². The number of benzene rings is 1. The minimum Gasteiger partial charge on any atom is -0.435 e. The summed E-state index contributed by atoms with van der Waals surface area (Å²) >= 11 is 0. The normalized spacial score (nSPS) is 10.7. The lowest BCUT2D eigenvalue weighted by atomic mass is 10.2. The van der Waals surface area contributed by atoms with Crippen molar-refractivity contribution in [2.75, 3.05) is 0 Å². The summed E-state index contributed by atoms with van der Waals surface area (Å²) in [5.74, 6) is -1.97. The van der Waals surface area contributed by atoms with Crippen LogP contribution in [0.1, 0.15) is 10.4 Å². The smallest absolute Gasteiger partial charge is 0.387 e. The highest BCUT2D eigenvalue weighted by molar-refractivity contribution is 5.93. The zero-order valence-corrected chi connectivity index (χ0v) is 8.20. The van der Waals surface area contributed by atoms with Crippen molar-refractivity contribution in [3.05, 3.63) is 23.8 Å². The van der Waals surface area contributed by atoms with Crippen molar-refractivity contribution in [2.45, 2.75) is 13.2 Å². The van der Waals surface area contributed by atoms with Crippen molar-refractivity contribution in [1.29, 1.82) is 0 Å². The number of primary amides is 1. The number of amides is 1. The Kier molecular flexibility index (Phi) is 4.13. The molecule has 1 rings (SSSR count). The second kappa shape index (κ2) is 5.37. The van der Waals surface area contributed by atoms with Gasteiger partial charge in [-0.25, -0.2) is 0 Å². The van der Waals surface area contributed by atoms with Crippen LogP contribution in [-0.2, 0) is 0 Å². The summed E-state index contributed by atoms with van der Waals surface area (Å²) in [4.78, 5) is 10.8. The van der Waals surface area contributed by atoms with Crippen molar-refractivity contribution >= 4 is 5.91 Å². The average Bonchev–Trinajstić information content (AvgIpc) is 2.14. The number of nitrogens with two attached hydrogens (primary N) is 1. The Morgan fingerprint density at radius 2 is 1.41 bits per heavy atom. The second-order valence-electron chi connectivity index (χ2n) is 2.81. The molecule has 1 amide bonds. The number of alkyl halides is 4. The largest absolute Gasteiger partial charge is 0.435 e. The van der Waals surface area contributed by atoms with Crippen molar-refractivity contribution in [3.63, 3.8) is 0 Å². The van der Waals surface area contributed by atoms with E-state index in [1.807, 2.05) is 0 Å². The summed E-state index contributed by atoms with van der Waals surface area (Å²) in [7, 11) is 0. The third-order valence-corrected chi connectivity index (χ3v) is 1.61. The molecule has 0 aliphatic carbocycles. The fourth-order valence-electron chi connectivity index (χ4n) is 1.06. The number of carbonyl (C=O) groups is 1. The van der Waals surface area contributed by atoms with Gasteiger partial charge in [-0.1, -0.05) is 0 Å². The molecule has 94 valence electrons.